The van der Waals surface area contributed by atoms with Crippen LogP contribution in [0.1, 0.15) is 27.4 Å². The van der Waals surface area contributed by atoms with E-state index < -0.39 is 0 Å². The van der Waals surface area contributed by atoms with Crippen molar-refractivity contribution in [2.45, 2.75) is 6.54 Å². The molecule has 29 heavy (non-hydrogen) atoms. The summed E-state index contributed by atoms with van der Waals surface area (Å²) in [7, 11) is 1.51. The second kappa shape index (κ2) is 8.02. The molecule has 2 N–H and O–H groups in total. The lowest BCUT2D eigenvalue weighted by molar-refractivity contribution is 0.0945. The number of amides is 1. The quantitative estimate of drug-likeness (QED) is 0.510. The van der Waals surface area contributed by atoms with Crippen molar-refractivity contribution in [2.75, 3.05) is 7.11 Å². The minimum Gasteiger partial charge on any atom is -0.495 e. The molecular weight excluding hydrogens is 373 g/mol. The van der Waals surface area contributed by atoms with E-state index in [0.717, 1.165) is 5.52 Å². The molecule has 0 saturated carbocycles. The summed E-state index contributed by atoms with van der Waals surface area (Å²) in [6.45, 7) is 0.269. The Morgan fingerprint density at radius 1 is 1.24 bits per heavy atom. The van der Waals surface area contributed by atoms with Crippen LogP contribution in [0.15, 0.2) is 59.2 Å². The Balaban J connectivity index is 1.66. The molecule has 2 heterocycles. The molecule has 0 aliphatic heterocycles. The van der Waals surface area contributed by atoms with Gasteiger partial charge in [-0.25, -0.2) is 4.39 Å². The highest BCUT2D eigenvalue weighted by Gasteiger charge is 2.19. The molecule has 0 atom stereocenters. The monoisotopic (exact) mass is 391 g/mol. The Morgan fingerprint density at radius 3 is 2.90 bits per heavy atom. The molecule has 0 saturated heterocycles. The predicted molar refractivity (Wildman–Crippen MR) is 108 cm³/mol. The zero-order valence-corrected chi connectivity index (χ0v) is 15.6. The topological polar surface area (TPSA) is 80.1 Å². The zero-order valence-electron chi connectivity index (χ0n) is 15.6. The van der Waals surface area contributed by atoms with Gasteiger partial charge in [0.05, 0.1) is 42.1 Å². The number of carbonyl (C=O) groups is 1. The molecule has 4 rings (SSSR count). The molecule has 7 heteroatoms. The van der Waals surface area contributed by atoms with Crippen molar-refractivity contribution >= 4 is 29.0 Å². The van der Waals surface area contributed by atoms with Crippen LogP contribution in [0, 0.1) is 5.82 Å². The van der Waals surface area contributed by atoms with Crippen molar-refractivity contribution < 1.29 is 18.3 Å². The lowest BCUT2D eigenvalue weighted by atomic mass is 10.1. The molecule has 0 aliphatic rings. The van der Waals surface area contributed by atoms with Gasteiger partial charge in [0.2, 0.25) is 0 Å². The number of carbonyl (C=O) groups excluding carboxylic acids is 1. The van der Waals surface area contributed by atoms with E-state index in [-0.39, 0.29) is 18.3 Å². The number of aromatic nitrogens is 2. The zero-order chi connectivity index (χ0) is 20.2. The highest BCUT2D eigenvalue weighted by molar-refractivity contribution is 6.05. The summed E-state index contributed by atoms with van der Waals surface area (Å²) < 4.78 is 24.2. The molecule has 0 unspecified atom stereocenters. The van der Waals surface area contributed by atoms with Crippen LogP contribution in [-0.2, 0) is 6.54 Å². The third kappa shape index (κ3) is 3.89. The number of hydrogen-bond donors (Lipinski definition) is 2. The van der Waals surface area contributed by atoms with Gasteiger partial charge < -0.3 is 14.5 Å². The second-order valence-electron chi connectivity index (χ2n) is 6.33. The normalized spacial score (nSPS) is 11.2. The van der Waals surface area contributed by atoms with Gasteiger partial charge in [0.15, 0.2) is 0 Å². The Labute approximate surface area is 166 Å². The van der Waals surface area contributed by atoms with Crippen LogP contribution in [0.25, 0.3) is 23.1 Å². The predicted octanol–water partition coefficient (Wildman–Crippen LogP) is 4.40. The minimum atomic E-state index is -0.313. The van der Waals surface area contributed by atoms with Gasteiger partial charge in [-0.05, 0) is 48.0 Å². The minimum absolute atomic E-state index is 0.269. The average Bonchev–Trinajstić information content (AvgIpc) is 3.39. The lowest BCUT2D eigenvalue weighted by Gasteiger charge is -2.10. The van der Waals surface area contributed by atoms with Crippen LogP contribution in [0.5, 0.6) is 5.75 Å². The maximum Gasteiger partial charge on any atom is 0.255 e. The molecule has 1 amide bonds. The van der Waals surface area contributed by atoms with Gasteiger partial charge in [-0.2, -0.15) is 5.10 Å². The van der Waals surface area contributed by atoms with Gasteiger partial charge in [-0.15, -0.1) is 0 Å². The van der Waals surface area contributed by atoms with Crippen LogP contribution in [0.3, 0.4) is 0 Å². The summed E-state index contributed by atoms with van der Waals surface area (Å²) in [6.07, 6.45) is 5.05. The number of methoxy groups -OCH3 is 1. The first-order valence-corrected chi connectivity index (χ1v) is 8.95. The molecule has 0 aliphatic carbocycles. The Kier molecular flexibility index (Phi) is 5.11. The number of H-pyrrole nitrogens is 1. The van der Waals surface area contributed by atoms with Crippen molar-refractivity contribution in [3.8, 4) is 5.75 Å². The highest BCUT2D eigenvalue weighted by Crippen LogP contribution is 2.32. The number of ether oxygens (including phenoxy) is 1. The van der Waals surface area contributed by atoms with E-state index in [1.165, 1.54) is 19.2 Å². The molecule has 146 valence electrons. The van der Waals surface area contributed by atoms with Crippen LogP contribution in [-0.4, -0.2) is 23.2 Å². The molecule has 0 bridgehead atoms. The third-order valence-corrected chi connectivity index (χ3v) is 4.44. The SMILES string of the molecule is COc1c(C(=O)NCc2ccco2)ccc2[nH]nc(/C=C/c3cccc(F)c3)c12. The van der Waals surface area contributed by atoms with Gasteiger partial charge in [0.1, 0.15) is 17.3 Å². The van der Waals surface area contributed by atoms with Crippen molar-refractivity contribution in [1.29, 1.82) is 0 Å². The van der Waals surface area contributed by atoms with E-state index in [1.807, 2.05) is 0 Å². The van der Waals surface area contributed by atoms with E-state index in [0.29, 0.717) is 33.7 Å². The summed E-state index contributed by atoms with van der Waals surface area (Å²) in [5, 5.41) is 10.7. The summed E-state index contributed by atoms with van der Waals surface area (Å²) >= 11 is 0. The molecule has 2 aromatic heterocycles. The van der Waals surface area contributed by atoms with E-state index >= 15 is 0 Å². The Bertz CT molecular complexity index is 1180. The van der Waals surface area contributed by atoms with Gasteiger partial charge in [-0.1, -0.05) is 18.2 Å². The number of rotatable bonds is 6. The molecule has 0 spiro atoms. The van der Waals surface area contributed by atoms with Gasteiger partial charge in [0, 0.05) is 0 Å². The van der Waals surface area contributed by atoms with Crippen LogP contribution >= 0.6 is 0 Å². The van der Waals surface area contributed by atoms with Crippen LogP contribution in [0.4, 0.5) is 4.39 Å². The maximum absolute atomic E-state index is 13.4. The fourth-order valence-corrected chi connectivity index (χ4v) is 3.08. The Morgan fingerprint density at radius 2 is 2.14 bits per heavy atom. The van der Waals surface area contributed by atoms with Crippen LogP contribution in [0.2, 0.25) is 0 Å². The summed E-state index contributed by atoms with van der Waals surface area (Å²) in [5.41, 5.74) is 2.39. The largest absolute Gasteiger partial charge is 0.495 e. The standard InChI is InChI=1S/C22H18FN3O3/c1-28-21-17(22(27)24-13-16-6-3-11-29-16)8-10-19-20(21)18(25-26-19)9-7-14-4-2-5-15(23)12-14/h2-12H,13H2,1H3,(H,24,27)(H,25,26)/b9-7+. The number of nitrogens with one attached hydrogen (secondary N) is 2. The number of benzene rings is 2. The summed E-state index contributed by atoms with van der Waals surface area (Å²) in [6, 6.07) is 13.2. The third-order valence-electron chi connectivity index (χ3n) is 4.44. The van der Waals surface area contributed by atoms with Gasteiger partial charge >= 0.3 is 0 Å². The molecule has 6 nitrogen and oxygen atoms in total. The second-order valence-corrected chi connectivity index (χ2v) is 6.33. The number of nitrogens with zero attached hydrogens (tertiary/aromatic N) is 1. The summed E-state index contributed by atoms with van der Waals surface area (Å²) in [4.78, 5) is 12.7. The first-order chi connectivity index (χ1) is 14.2. The number of fused-ring (bicyclic) bond motifs is 1. The Hall–Kier alpha value is -3.87. The average molecular weight is 391 g/mol. The molecule has 2 aromatic carbocycles. The van der Waals surface area contributed by atoms with E-state index in [4.69, 9.17) is 9.15 Å². The number of hydrogen-bond acceptors (Lipinski definition) is 4. The van der Waals surface area contributed by atoms with Crippen molar-refractivity contribution in [1.82, 2.24) is 15.5 Å². The maximum atomic E-state index is 13.4. The van der Waals surface area contributed by atoms with Crippen molar-refractivity contribution in [3.05, 3.63) is 83.2 Å². The smallest absolute Gasteiger partial charge is 0.255 e. The fraction of sp³-hybridized carbons (Fsp3) is 0.0909. The molecule has 4 aromatic rings. The fourth-order valence-electron chi connectivity index (χ4n) is 3.08. The summed E-state index contributed by atoms with van der Waals surface area (Å²) in [5.74, 6) is 0.459. The lowest BCUT2D eigenvalue weighted by Crippen LogP contribution is -2.23. The van der Waals surface area contributed by atoms with E-state index in [9.17, 15) is 9.18 Å². The molecular formula is C22H18FN3O3. The number of furan rings is 1. The number of halogens is 1. The van der Waals surface area contributed by atoms with Crippen molar-refractivity contribution in [2.24, 2.45) is 0 Å². The van der Waals surface area contributed by atoms with E-state index in [2.05, 4.69) is 15.5 Å². The van der Waals surface area contributed by atoms with E-state index in [1.54, 1.807) is 54.8 Å². The van der Waals surface area contributed by atoms with Gasteiger partial charge in [0.25, 0.3) is 5.91 Å². The molecule has 0 fully saturated rings. The highest BCUT2D eigenvalue weighted by atomic mass is 19.1. The van der Waals surface area contributed by atoms with Gasteiger partial charge in [-0.3, -0.25) is 9.89 Å². The first kappa shape index (κ1) is 18.5. The number of aromatic amines is 1. The molecule has 0 radical (unpaired) electrons. The van der Waals surface area contributed by atoms with Crippen LogP contribution < -0.4 is 10.1 Å². The van der Waals surface area contributed by atoms with Crippen molar-refractivity contribution in [3.63, 3.8) is 0 Å². The first-order valence-electron chi connectivity index (χ1n) is 8.95.